The number of nitrogens with zero attached hydrogens (tertiary/aromatic N) is 1. The Bertz CT molecular complexity index is 641. The predicted octanol–water partition coefficient (Wildman–Crippen LogP) is 4.25. The van der Waals surface area contributed by atoms with Crippen LogP contribution in [-0.2, 0) is 0 Å². The molecular formula is C17H19NO2. The lowest BCUT2D eigenvalue weighted by Crippen LogP contribution is -2.10. The minimum atomic E-state index is -0.325. The Morgan fingerprint density at radius 3 is 2.50 bits per heavy atom. The van der Waals surface area contributed by atoms with Gasteiger partial charge in [0.15, 0.2) is 11.5 Å². The molecule has 2 rings (SSSR count). The van der Waals surface area contributed by atoms with Crippen LogP contribution in [0.25, 0.3) is 10.8 Å². The number of ether oxygens (including phenoxy) is 1. The van der Waals surface area contributed by atoms with Crippen LogP contribution in [0.5, 0.6) is 11.5 Å². The van der Waals surface area contributed by atoms with Gasteiger partial charge in [0.1, 0.15) is 0 Å². The van der Waals surface area contributed by atoms with Crippen LogP contribution in [0, 0.1) is 16.7 Å². The van der Waals surface area contributed by atoms with Crippen molar-refractivity contribution in [2.75, 3.05) is 6.61 Å². The minimum absolute atomic E-state index is 0.156. The highest BCUT2D eigenvalue weighted by molar-refractivity contribution is 5.85. The van der Waals surface area contributed by atoms with E-state index in [-0.39, 0.29) is 11.2 Å². The second kappa shape index (κ2) is 5.83. The van der Waals surface area contributed by atoms with Crippen molar-refractivity contribution >= 4 is 10.8 Å². The Morgan fingerprint density at radius 1 is 1.20 bits per heavy atom. The number of phenols is 1. The second-order valence-electron chi connectivity index (χ2n) is 5.61. The third kappa shape index (κ3) is 3.42. The topological polar surface area (TPSA) is 53.2 Å². The Hall–Kier alpha value is -2.21. The number of aromatic hydroxyl groups is 1. The first-order chi connectivity index (χ1) is 9.52. The van der Waals surface area contributed by atoms with E-state index in [9.17, 15) is 5.11 Å². The number of nitriles is 1. The van der Waals surface area contributed by atoms with E-state index in [1.165, 1.54) is 0 Å². The van der Waals surface area contributed by atoms with Crippen LogP contribution in [0.1, 0.15) is 26.7 Å². The second-order valence-corrected chi connectivity index (χ2v) is 5.61. The maximum atomic E-state index is 9.94. The Morgan fingerprint density at radius 2 is 1.85 bits per heavy atom. The fraction of sp³-hybridized carbons (Fsp3) is 0.353. The molecule has 20 heavy (non-hydrogen) atoms. The lowest BCUT2D eigenvalue weighted by molar-refractivity contribution is 0.273. The Kier molecular flexibility index (Phi) is 4.14. The van der Waals surface area contributed by atoms with Crippen molar-refractivity contribution in [1.29, 1.82) is 5.26 Å². The van der Waals surface area contributed by atoms with Crippen molar-refractivity contribution in [3.63, 3.8) is 0 Å². The van der Waals surface area contributed by atoms with Gasteiger partial charge in [-0.05, 0) is 49.6 Å². The van der Waals surface area contributed by atoms with Gasteiger partial charge in [0.05, 0.1) is 18.1 Å². The molecule has 0 bridgehead atoms. The summed E-state index contributed by atoms with van der Waals surface area (Å²) in [5, 5.41) is 20.9. The zero-order chi connectivity index (χ0) is 14.6. The lowest BCUT2D eigenvalue weighted by atomic mass is 9.90. The molecule has 0 heterocycles. The fourth-order valence-electron chi connectivity index (χ4n) is 2.08. The van der Waals surface area contributed by atoms with E-state index in [1.54, 1.807) is 6.07 Å². The molecule has 0 atom stereocenters. The third-order valence-electron chi connectivity index (χ3n) is 3.33. The molecule has 3 nitrogen and oxygen atoms in total. The smallest absolute Gasteiger partial charge is 0.161 e. The fourth-order valence-corrected chi connectivity index (χ4v) is 2.08. The Balaban J connectivity index is 2.00. The summed E-state index contributed by atoms with van der Waals surface area (Å²) >= 11 is 0. The molecule has 0 aliphatic carbocycles. The van der Waals surface area contributed by atoms with E-state index in [0.717, 1.165) is 23.6 Å². The normalized spacial score (nSPS) is 11.2. The zero-order valence-electron chi connectivity index (χ0n) is 11.9. The highest BCUT2D eigenvalue weighted by atomic mass is 16.5. The summed E-state index contributed by atoms with van der Waals surface area (Å²) in [4.78, 5) is 0. The summed E-state index contributed by atoms with van der Waals surface area (Å²) in [6.45, 7) is 4.33. The monoisotopic (exact) mass is 269 g/mol. The largest absolute Gasteiger partial charge is 0.504 e. The number of hydrogen-bond donors (Lipinski definition) is 1. The number of rotatable bonds is 5. The molecule has 0 spiro atoms. The van der Waals surface area contributed by atoms with Crippen LogP contribution >= 0.6 is 0 Å². The van der Waals surface area contributed by atoms with Crippen molar-refractivity contribution in [2.24, 2.45) is 5.41 Å². The van der Waals surface area contributed by atoms with Crippen molar-refractivity contribution in [3.8, 4) is 17.6 Å². The van der Waals surface area contributed by atoms with Gasteiger partial charge >= 0.3 is 0 Å². The summed E-state index contributed by atoms with van der Waals surface area (Å²) in [5.74, 6) is 0.654. The van der Waals surface area contributed by atoms with E-state index in [1.807, 2.05) is 44.2 Å². The molecule has 0 aromatic heterocycles. The average Bonchev–Trinajstić information content (AvgIpc) is 2.44. The SMILES string of the molecule is CC(C)(C#N)CCCOc1cc2ccccc2cc1O. The summed E-state index contributed by atoms with van der Waals surface area (Å²) in [7, 11) is 0. The van der Waals surface area contributed by atoms with Gasteiger partial charge in [-0.3, -0.25) is 0 Å². The molecular weight excluding hydrogens is 250 g/mol. The van der Waals surface area contributed by atoms with Gasteiger partial charge in [-0.25, -0.2) is 0 Å². The number of phenolic OH excluding ortho intramolecular Hbond substituents is 1. The molecule has 0 radical (unpaired) electrons. The summed E-state index contributed by atoms with van der Waals surface area (Å²) in [6.07, 6.45) is 1.56. The molecule has 2 aromatic carbocycles. The lowest BCUT2D eigenvalue weighted by Gasteiger charge is -2.15. The third-order valence-corrected chi connectivity index (χ3v) is 3.33. The van der Waals surface area contributed by atoms with Crippen molar-refractivity contribution in [1.82, 2.24) is 0 Å². The molecule has 0 aliphatic rings. The molecule has 0 amide bonds. The van der Waals surface area contributed by atoms with Gasteiger partial charge < -0.3 is 9.84 Å². The summed E-state index contributed by atoms with van der Waals surface area (Å²) in [5.41, 5.74) is -0.325. The minimum Gasteiger partial charge on any atom is -0.504 e. The first kappa shape index (κ1) is 14.2. The van der Waals surface area contributed by atoms with Gasteiger partial charge in [0.2, 0.25) is 0 Å². The molecule has 0 unspecified atom stereocenters. The summed E-state index contributed by atoms with van der Waals surface area (Å²) < 4.78 is 5.63. The first-order valence-electron chi connectivity index (χ1n) is 6.78. The molecule has 0 saturated heterocycles. The molecule has 1 N–H and O–H groups in total. The maximum absolute atomic E-state index is 9.94. The van der Waals surface area contributed by atoms with Crippen molar-refractivity contribution < 1.29 is 9.84 Å². The van der Waals surface area contributed by atoms with E-state index < -0.39 is 0 Å². The van der Waals surface area contributed by atoms with Crippen LogP contribution < -0.4 is 4.74 Å². The molecule has 2 aromatic rings. The highest BCUT2D eigenvalue weighted by Crippen LogP contribution is 2.31. The molecule has 3 heteroatoms. The maximum Gasteiger partial charge on any atom is 0.161 e. The van der Waals surface area contributed by atoms with Gasteiger partial charge in [-0.15, -0.1) is 0 Å². The number of hydrogen-bond acceptors (Lipinski definition) is 3. The van der Waals surface area contributed by atoms with Crippen LogP contribution in [0.4, 0.5) is 0 Å². The van der Waals surface area contributed by atoms with Crippen LogP contribution in [-0.4, -0.2) is 11.7 Å². The van der Waals surface area contributed by atoms with Crippen LogP contribution in [0.3, 0.4) is 0 Å². The molecule has 0 saturated carbocycles. The zero-order valence-corrected chi connectivity index (χ0v) is 11.9. The van der Waals surface area contributed by atoms with Gasteiger partial charge in [-0.1, -0.05) is 24.3 Å². The highest BCUT2D eigenvalue weighted by Gasteiger charge is 2.15. The van der Waals surface area contributed by atoms with Gasteiger partial charge in [0.25, 0.3) is 0 Å². The number of benzene rings is 2. The molecule has 0 aliphatic heterocycles. The van der Waals surface area contributed by atoms with Crippen LogP contribution in [0.2, 0.25) is 0 Å². The molecule has 104 valence electrons. The van der Waals surface area contributed by atoms with E-state index >= 15 is 0 Å². The first-order valence-corrected chi connectivity index (χ1v) is 6.78. The van der Waals surface area contributed by atoms with E-state index in [4.69, 9.17) is 10.00 Å². The van der Waals surface area contributed by atoms with Crippen molar-refractivity contribution in [2.45, 2.75) is 26.7 Å². The van der Waals surface area contributed by atoms with Crippen LogP contribution in [0.15, 0.2) is 36.4 Å². The average molecular weight is 269 g/mol. The Labute approximate surface area is 119 Å². The predicted molar refractivity (Wildman–Crippen MR) is 79.7 cm³/mol. The number of fused-ring (bicyclic) bond motifs is 1. The van der Waals surface area contributed by atoms with E-state index in [2.05, 4.69) is 6.07 Å². The standard InChI is InChI=1S/C17H19NO2/c1-17(2,12-18)8-5-9-20-16-11-14-7-4-3-6-13(14)10-15(16)19/h3-4,6-7,10-11,19H,5,8-9H2,1-2H3. The van der Waals surface area contributed by atoms with Crippen molar-refractivity contribution in [3.05, 3.63) is 36.4 Å². The molecule has 0 fully saturated rings. The van der Waals surface area contributed by atoms with Gasteiger partial charge in [-0.2, -0.15) is 5.26 Å². The summed E-state index contributed by atoms with van der Waals surface area (Å²) in [6, 6.07) is 13.7. The van der Waals surface area contributed by atoms with Gasteiger partial charge in [0, 0.05) is 0 Å². The van der Waals surface area contributed by atoms with E-state index in [0.29, 0.717) is 12.4 Å². The quantitative estimate of drug-likeness (QED) is 0.825.